The van der Waals surface area contributed by atoms with Crippen LogP contribution in [0, 0.1) is 0 Å². The van der Waals surface area contributed by atoms with Crippen LogP contribution in [0.3, 0.4) is 0 Å². The van der Waals surface area contributed by atoms with Crippen LogP contribution in [0.1, 0.15) is 51.5 Å². The molecule has 0 bridgehead atoms. The van der Waals surface area contributed by atoms with Crippen molar-refractivity contribution in [1.29, 1.82) is 0 Å². The Morgan fingerprint density at radius 2 is 1.94 bits per heavy atom. The van der Waals surface area contributed by atoms with E-state index in [0.717, 1.165) is 13.0 Å². The van der Waals surface area contributed by atoms with Crippen LogP contribution >= 0.6 is 15.9 Å². The van der Waals surface area contributed by atoms with Crippen molar-refractivity contribution in [3.63, 3.8) is 0 Å². The van der Waals surface area contributed by atoms with Crippen LogP contribution in [0.15, 0.2) is 22.9 Å². The monoisotopic (exact) mass is 314 g/mol. The Bertz CT molecular complexity index is 341. The van der Waals surface area contributed by atoms with Gasteiger partial charge in [-0.1, -0.05) is 39.5 Å². The maximum absolute atomic E-state index is 5.67. The topological polar surface area (TPSA) is 13.1 Å². The Labute approximate surface area is 119 Å². The zero-order valence-corrected chi connectivity index (χ0v) is 13.2. The van der Waals surface area contributed by atoms with E-state index >= 15 is 0 Å². The van der Waals surface area contributed by atoms with Crippen LogP contribution in [-0.4, -0.2) is 6.61 Å². The molecule has 0 atom stereocenters. The molecule has 0 saturated heterocycles. The fourth-order valence-electron chi connectivity index (χ4n) is 1.88. The summed E-state index contributed by atoms with van der Waals surface area (Å²) in [5.41, 5.74) is 1.34. The summed E-state index contributed by atoms with van der Waals surface area (Å²) in [4.78, 5) is 0. The summed E-state index contributed by atoms with van der Waals surface area (Å²) in [6, 6.07) is 2.15. The molecular weight excluding hydrogens is 290 g/mol. The summed E-state index contributed by atoms with van der Waals surface area (Å²) in [6.07, 6.45) is 11.7. The van der Waals surface area contributed by atoms with E-state index in [-0.39, 0.29) is 0 Å². The molecule has 0 aromatic carbocycles. The first-order valence-corrected chi connectivity index (χ1v) is 7.82. The molecule has 0 aliphatic carbocycles. The van der Waals surface area contributed by atoms with Crippen LogP contribution in [0.2, 0.25) is 0 Å². The number of hydrogen-bond donors (Lipinski definition) is 0. The van der Waals surface area contributed by atoms with Crippen LogP contribution in [0.25, 0.3) is 0 Å². The third-order valence-corrected chi connectivity index (χ3v) is 3.78. The van der Waals surface area contributed by atoms with Gasteiger partial charge in [0.2, 0.25) is 0 Å². The molecule has 102 valence electrons. The highest BCUT2D eigenvalue weighted by atomic mass is 79.9. The van der Waals surface area contributed by atoms with Crippen LogP contribution in [0.4, 0.5) is 0 Å². The Morgan fingerprint density at radius 1 is 1.17 bits per heavy atom. The van der Waals surface area contributed by atoms with E-state index < -0.39 is 0 Å². The van der Waals surface area contributed by atoms with Gasteiger partial charge in [-0.05, 0) is 34.3 Å². The zero-order chi connectivity index (χ0) is 13.2. The highest BCUT2D eigenvalue weighted by molar-refractivity contribution is 9.10. The van der Waals surface area contributed by atoms with E-state index in [1.807, 2.05) is 0 Å². The van der Waals surface area contributed by atoms with E-state index in [2.05, 4.69) is 52.8 Å². The zero-order valence-electron chi connectivity index (χ0n) is 11.6. The number of aryl methyl sites for hydroxylation is 1. The van der Waals surface area contributed by atoms with Gasteiger partial charge in [0, 0.05) is 6.07 Å². The fourth-order valence-corrected chi connectivity index (χ4v) is 2.56. The van der Waals surface area contributed by atoms with Crippen LogP contribution in [0.5, 0.6) is 0 Å². The van der Waals surface area contributed by atoms with E-state index in [1.54, 1.807) is 0 Å². The Morgan fingerprint density at radius 3 is 2.61 bits per heavy atom. The molecule has 18 heavy (non-hydrogen) atoms. The smallest absolute Gasteiger partial charge is 0.252 e. The van der Waals surface area contributed by atoms with Crippen molar-refractivity contribution in [1.82, 2.24) is 0 Å². The first kappa shape index (κ1) is 15.6. The second-order valence-electron chi connectivity index (χ2n) is 4.64. The average molecular weight is 315 g/mol. The van der Waals surface area contributed by atoms with Crippen molar-refractivity contribution in [3.8, 4) is 0 Å². The van der Waals surface area contributed by atoms with Crippen molar-refractivity contribution in [3.05, 3.63) is 28.5 Å². The number of nitrogens with zero attached hydrogens (tertiary/aromatic N) is 1. The SMILES string of the molecule is CCCCCCCOC[n+]1ccc(CC)c(Br)c1. The third-order valence-electron chi connectivity index (χ3n) is 3.07. The summed E-state index contributed by atoms with van der Waals surface area (Å²) < 4.78 is 8.91. The Balaban J connectivity index is 2.17. The first-order chi connectivity index (χ1) is 8.77. The van der Waals surface area contributed by atoms with Gasteiger partial charge >= 0.3 is 0 Å². The number of aromatic nitrogens is 1. The number of pyridine rings is 1. The Kier molecular flexibility index (Phi) is 8.27. The number of ether oxygens (including phenoxy) is 1. The summed E-state index contributed by atoms with van der Waals surface area (Å²) in [5, 5.41) is 0. The summed E-state index contributed by atoms with van der Waals surface area (Å²) >= 11 is 3.58. The minimum Gasteiger partial charge on any atom is -0.323 e. The van der Waals surface area contributed by atoms with Gasteiger partial charge in [0.1, 0.15) is 0 Å². The molecule has 0 N–H and O–H groups in total. The number of hydrogen-bond acceptors (Lipinski definition) is 1. The van der Waals surface area contributed by atoms with Gasteiger partial charge in [-0.25, -0.2) is 0 Å². The molecule has 1 rings (SSSR count). The standard InChI is InChI=1S/C15H25BrNO/c1-3-5-6-7-8-11-18-13-17-10-9-14(4-2)15(16)12-17/h9-10,12H,3-8,11,13H2,1-2H3/q+1. The van der Waals surface area contributed by atoms with Gasteiger partial charge in [-0.15, -0.1) is 0 Å². The molecule has 1 aromatic rings. The molecule has 0 amide bonds. The summed E-state index contributed by atoms with van der Waals surface area (Å²) in [5.74, 6) is 0. The molecule has 2 nitrogen and oxygen atoms in total. The highest BCUT2D eigenvalue weighted by Gasteiger charge is 2.05. The molecular formula is C15H25BrNO+. The molecule has 3 heteroatoms. The van der Waals surface area contributed by atoms with Gasteiger partial charge in [-0.3, -0.25) is 0 Å². The molecule has 0 saturated carbocycles. The van der Waals surface area contributed by atoms with Crippen molar-refractivity contribution < 1.29 is 9.30 Å². The van der Waals surface area contributed by atoms with E-state index in [1.165, 1.54) is 42.1 Å². The van der Waals surface area contributed by atoms with Crippen molar-refractivity contribution in [2.75, 3.05) is 6.61 Å². The van der Waals surface area contributed by atoms with Crippen molar-refractivity contribution in [2.45, 2.75) is 59.1 Å². The molecule has 1 aromatic heterocycles. The maximum atomic E-state index is 5.67. The minimum atomic E-state index is 0.649. The van der Waals surface area contributed by atoms with Gasteiger partial charge < -0.3 is 4.74 Å². The first-order valence-electron chi connectivity index (χ1n) is 7.03. The molecule has 0 unspecified atom stereocenters. The number of halogens is 1. The quantitative estimate of drug-likeness (QED) is 0.491. The van der Waals surface area contributed by atoms with E-state index in [9.17, 15) is 0 Å². The summed E-state index contributed by atoms with van der Waals surface area (Å²) in [6.45, 7) is 5.92. The predicted molar refractivity (Wildman–Crippen MR) is 78.4 cm³/mol. The molecule has 0 fully saturated rings. The molecule has 0 aliphatic rings. The lowest BCUT2D eigenvalue weighted by Crippen LogP contribution is -2.34. The molecule has 0 spiro atoms. The van der Waals surface area contributed by atoms with Gasteiger partial charge in [-0.2, -0.15) is 4.57 Å². The summed E-state index contributed by atoms with van der Waals surface area (Å²) in [7, 11) is 0. The van der Waals surface area contributed by atoms with E-state index in [0.29, 0.717) is 6.73 Å². The number of unbranched alkanes of at least 4 members (excludes halogenated alkanes) is 4. The fraction of sp³-hybridized carbons (Fsp3) is 0.667. The normalized spacial score (nSPS) is 10.8. The lowest BCUT2D eigenvalue weighted by Gasteiger charge is -2.03. The molecule has 0 radical (unpaired) electrons. The lowest BCUT2D eigenvalue weighted by atomic mass is 10.2. The van der Waals surface area contributed by atoms with Gasteiger partial charge in [0.25, 0.3) is 6.73 Å². The minimum absolute atomic E-state index is 0.649. The molecule has 0 aliphatic heterocycles. The van der Waals surface area contributed by atoms with Crippen LogP contribution < -0.4 is 4.57 Å². The highest BCUT2D eigenvalue weighted by Crippen LogP contribution is 2.13. The maximum Gasteiger partial charge on any atom is 0.252 e. The molecule has 1 heterocycles. The van der Waals surface area contributed by atoms with E-state index in [4.69, 9.17) is 4.74 Å². The van der Waals surface area contributed by atoms with Crippen molar-refractivity contribution in [2.24, 2.45) is 0 Å². The largest absolute Gasteiger partial charge is 0.323 e. The van der Waals surface area contributed by atoms with Gasteiger partial charge in [0.15, 0.2) is 12.4 Å². The Hall–Kier alpha value is -0.410. The predicted octanol–water partition coefficient (Wildman–Crippen LogP) is 4.24. The third kappa shape index (κ3) is 5.96. The van der Waals surface area contributed by atoms with Gasteiger partial charge in [0.05, 0.1) is 11.1 Å². The van der Waals surface area contributed by atoms with Crippen molar-refractivity contribution >= 4 is 15.9 Å². The lowest BCUT2D eigenvalue weighted by molar-refractivity contribution is -0.733. The second-order valence-corrected chi connectivity index (χ2v) is 5.49. The number of rotatable bonds is 9. The van der Waals surface area contributed by atoms with Crippen LogP contribution in [-0.2, 0) is 17.9 Å². The second kappa shape index (κ2) is 9.51. The average Bonchev–Trinajstić information content (AvgIpc) is 2.38.